The summed E-state index contributed by atoms with van der Waals surface area (Å²) in [7, 11) is 1.63. The first kappa shape index (κ1) is 18.4. The van der Waals surface area contributed by atoms with Gasteiger partial charge in [0.2, 0.25) is 6.54 Å². The Balaban J connectivity index is 0.00000264. The van der Waals surface area contributed by atoms with Crippen LogP contribution < -0.4 is 27.1 Å². The van der Waals surface area contributed by atoms with Crippen LogP contribution in [0.4, 0.5) is 0 Å². The fraction of sp³-hybridized carbons (Fsp3) is 0.118. The summed E-state index contributed by atoms with van der Waals surface area (Å²) in [5, 5.41) is 3.87. The van der Waals surface area contributed by atoms with Crippen LogP contribution in [0.1, 0.15) is 5.56 Å². The van der Waals surface area contributed by atoms with E-state index in [4.69, 9.17) is 4.74 Å². The second-order valence-corrected chi connectivity index (χ2v) is 4.46. The quantitative estimate of drug-likeness (QED) is 0.411. The lowest BCUT2D eigenvalue weighted by atomic mass is 10.2. The number of aromatic nitrogens is 1. The van der Waals surface area contributed by atoms with E-state index in [0.29, 0.717) is 0 Å². The number of nitrogens with one attached hydrogen (secondary N) is 1. The maximum atomic E-state index is 11.7. The molecule has 0 aliphatic carbocycles. The molecule has 6 heteroatoms. The zero-order chi connectivity index (χ0) is 15.6. The van der Waals surface area contributed by atoms with Crippen LogP contribution in [0.2, 0.25) is 0 Å². The number of para-hydroxylation sites is 1. The summed E-state index contributed by atoms with van der Waals surface area (Å²) in [4.78, 5) is 11.7. The van der Waals surface area contributed by atoms with Gasteiger partial charge in [0.05, 0.1) is 7.11 Å². The molecular formula is C17H18ClN3O2. The first-order valence-corrected chi connectivity index (χ1v) is 6.85. The third-order valence-electron chi connectivity index (χ3n) is 2.87. The van der Waals surface area contributed by atoms with Gasteiger partial charge >= 0.3 is 5.91 Å². The average Bonchev–Trinajstić information content (AvgIpc) is 2.56. The highest BCUT2D eigenvalue weighted by Crippen LogP contribution is 2.18. The van der Waals surface area contributed by atoms with Gasteiger partial charge < -0.3 is 17.1 Å². The van der Waals surface area contributed by atoms with Crippen molar-refractivity contribution < 1.29 is 26.5 Å². The molecule has 23 heavy (non-hydrogen) atoms. The summed E-state index contributed by atoms with van der Waals surface area (Å²) >= 11 is 0. The zero-order valence-corrected chi connectivity index (χ0v) is 13.5. The number of hydrogen-bond donors (Lipinski definition) is 1. The number of hydrogen-bond acceptors (Lipinski definition) is 3. The predicted molar refractivity (Wildman–Crippen MR) is 85.3 cm³/mol. The van der Waals surface area contributed by atoms with Gasteiger partial charge in [-0.1, -0.05) is 24.3 Å². The Bertz CT molecular complexity index is 673. The smallest absolute Gasteiger partial charge is 0.305 e. The maximum absolute atomic E-state index is 11.7. The molecule has 1 heterocycles. The minimum absolute atomic E-state index is 0. The number of carbonyl (C=O) groups is 1. The molecule has 0 saturated heterocycles. The second-order valence-electron chi connectivity index (χ2n) is 4.46. The molecule has 1 aromatic heterocycles. The van der Waals surface area contributed by atoms with Crippen LogP contribution in [0.3, 0.4) is 0 Å². The molecule has 1 N–H and O–H groups in total. The number of allylic oxidation sites excluding steroid dienone is 1. The van der Waals surface area contributed by atoms with Crippen molar-refractivity contribution in [2.45, 2.75) is 6.54 Å². The van der Waals surface area contributed by atoms with Gasteiger partial charge in [0.25, 0.3) is 0 Å². The van der Waals surface area contributed by atoms with Crippen LogP contribution in [0.5, 0.6) is 5.75 Å². The minimum Gasteiger partial charge on any atom is -1.00 e. The lowest BCUT2D eigenvalue weighted by molar-refractivity contribution is -0.684. The van der Waals surface area contributed by atoms with Gasteiger partial charge in [-0.25, -0.2) is 5.43 Å². The summed E-state index contributed by atoms with van der Waals surface area (Å²) in [6.45, 7) is 0.231. The van der Waals surface area contributed by atoms with E-state index in [1.54, 1.807) is 17.8 Å². The number of pyridine rings is 1. The third-order valence-corrected chi connectivity index (χ3v) is 2.87. The topological polar surface area (TPSA) is 54.6 Å². The molecule has 1 aromatic carbocycles. The SMILES string of the molecule is COc1ccccc1C=C/C=N/NC(=O)C[n+]1ccccc1.[Cl-]. The van der Waals surface area contributed by atoms with E-state index in [1.807, 2.05) is 60.9 Å². The molecule has 120 valence electrons. The Labute approximate surface area is 141 Å². The van der Waals surface area contributed by atoms with Gasteiger partial charge in [-0.15, -0.1) is 0 Å². The Hall–Kier alpha value is -2.66. The molecule has 0 fully saturated rings. The summed E-state index contributed by atoms with van der Waals surface area (Å²) in [6.07, 6.45) is 8.78. The van der Waals surface area contributed by atoms with Crippen LogP contribution in [-0.2, 0) is 11.3 Å². The number of ether oxygens (including phenoxy) is 1. The lowest BCUT2D eigenvalue weighted by Gasteiger charge is -2.02. The molecule has 0 aliphatic rings. The summed E-state index contributed by atoms with van der Waals surface area (Å²) < 4.78 is 7.01. The fourth-order valence-corrected chi connectivity index (χ4v) is 1.84. The second kappa shape index (κ2) is 10.1. The van der Waals surface area contributed by atoms with E-state index in [0.717, 1.165) is 11.3 Å². The molecule has 0 atom stereocenters. The van der Waals surface area contributed by atoms with E-state index in [-0.39, 0.29) is 24.9 Å². The predicted octanol–water partition coefficient (Wildman–Crippen LogP) is -1.20. The maximum Gasteiger partial charge on any atom is 0.305 e. The number of nitrogens with zero attached hydrogens (tertiary/aromatic N) is 2. The van der Waals surface area contributed by atoms with E-state index in [2.05, 4.69) is 10.5 Å². The normalized spacial score (nSPS) is 10.5. The van der Waals surface area contributed by atoms with Crippen molar-refractivity contribution in [1.29, 1.82) is 0 Å². The minimum atomic E-state index is -0.182. The van der Waals surface area contributed by atoms with Crippen molar-refractivity contribution in [3.63, 3.8) is 0 Å². The van der Waals surface area contributed by atoms with Gasteiger partial charge in [0.15, 0.2) is 12.4 Å². The average molecular weight is 332 g/mol. The Morgan fingerprint density at radius 3 is 2.70 bits per heavy atom. The Kier molecular flexibility index (Phi) is 8.10. The van der Waals surface area contributed by atoms with E-state index in [9.17, 15) is 4.79 Å². The van der Waals surface area contributed by atoms with Crippen molar-refractivity contribution >= 4 is 18.2 Å². The molecule has 5 nitrogen and oxygen atoms in total. The summed E-state index contributed by atoms with van der Waals surface area (Å²) in [5.74, 6) is 0.606. The number of rotatable bonds is 6. The molecule has 1 amide bonds. The zero-order valence-electron chi connectivity index (χ0n) is 12.7. The van der Waals surface area contributed by atoms with Crippen molar-refractivity contribution in [3.8, 4) is 5.75 Å². The first-order valence-electron chi connectivity index (χ1n) is 6.85. The third kappa shape index (κ3) is 6.32. The fourth-order valence-electron chi connectivity index (χ4n) is 1.84. The highest BCUT2D eigenvalue weighted by Gasteiger charge is 2.06. The van der Waals surface area contributed by atoms with E-state index >= 15 is 0 Å². The van der Waals surface area contributed by atoms with Gasteiger partial charge in [-0.3, -0.25) is 4.79 Å². The van der Waals surface area contributed by atoms with Crippen molar-refractivity contribution in [2.75, 3.05) is 7.11 Å². The van der Waals surface area contributed by atoms with Crippen molar-refractivity contribution in [1.82, 2.24) is 5.43 Å². The van der Waals surface area contributed by atoms with Gasteiger partial charge in [0.1, 0.15) is 5.75 Å². The first-order chi connectivity index (χ1) is 10.8. The highest BCUT2D eigenvalue weighted by molar-refractivity contribution is 5.81. The van der Waals surface area contributed by atoms with E-state index in [1.165, 1.54) is 6.21 Å². The molecule has 0 saturated carbocycles. The van der Waals surface area contributed by atoms with Crippen LogP contribution in [0.25, 0.3) is 6.08 Å². The Morgan fingerprint density at radius 1 is 1.22 bits per heavy atom. The summed E-state index contributed by atoms with van der Waals surface area (Å²) in [6, 6.07) is 13.3. The largest absolute Gasteiger partial charge is 1.00 e. The van der Waals surface area contributed by atoms with Crippen LogP contribution >= 0.6 is 0 Å². The van der Waals surface area contributed by atoms with Crippen molar-refractivity contribution in [3.05, 3.63) is 66.5 Å². The van der Waals surface area contributed by atoms with Crippen LogP contribution in [0, 0.1) is 0 Å². The number of hydrazone groups is 1. The molecule has 2 rings (SSSR count). The van der Waals surface area contributed by atoms with Gasteiger partial charge in [-0.2, -0.15) is 9.67 Å². The number of benzene rings is 1. The lowest BCUT2D eigenvalue weighted by Crippen LogP contribution is -3.00. The number of carbonyl (C=O) groups excluding carboxylic acids is 1. The molecule has 0 bridgehead atoms. The number of halogens is 1. The van der Waals surface area contributed by atoms with Gasteiger partial charge in [-0.05, 0) is 18.2 Å². The molecule has 0 spiro atoms. The monoisotopic (exact) mass is 331 g/mol. The van der Waals surface area contributed by atoms with Crippen LogP contribution in [-0.4, -0.2) is 19.2 Å². The molecule has 0 unspecified atom stereocenters. The number of amides is 1. The molecule has 0 radical (unpaired) electrons. The molecule has 0 aliphatic heterocycles. The van der Waals surface area contributed by atoms with E-state index < -0.39 is 0 Å². The van der Waals surface area contributed by atoms with Crippen molar-refractivity contribution in [2.24, 2.45) is 5.10 Å². The van der Waals surface area contributed by atoms with Gasteiger partial charge in [0, 0.05) is 23.9 Å². The highest BCUT2D eigenvalue weighted by atomic mass is 35.5. The van der Waals surface area contributed by atoms with Crippen LogP contribution in [0.15, 0.2) is 66.0 Å². The summed E-state index contributed by atoms with van der Waals surface area (Å²) in [5.41, 5.74) is 3.42. The standard InChI is InChI=1S/C17H17N3O2.ClH/c1-22-16-10-4-3-8-15(16)9-7-11-18-19-17(21)14-20-12-5-2-6-13-20;/h2-13H,14H2,1H3;1H/b9-7?,18-11+;. The Morgan fingerprint density at radius 2 is 1.96 bits per heavy atom. The number of methoxy groups -OCH3 is 1. The molecule has 2 aromatic rings. The molecular weight excluding hydrogens is 314 g/mol.